The second-order valence-electron chi connectivity index (χ2n) is 6.31. The molecule has 1 amide bonds. The number of carbonyl (C=O) groups excluding carboxylic acids is 1. The summed E-state index contributed by atoms with van der Waals surface area (Å²) in [7, 11) is 0. The Bertz CT molecular complexity index is 562. The van der Waals surface area contributed by atoms with Crippen LogP contribution in [0.4, 0.5) is 5.69 Å². The molecule has 1 aliphatic rings. The van der Waals surface area contributed by atoms with Gasteiger partial charge in [-0.2, -0.15) is 0 Å². The van der Waals surface area contributed by atoms with Gasteiger partial charge in [0.05, 0.1) is 10.5 Å². The molecular formula is C15H19ClN2O3. The number of nitrogens with one attached hydrogen (secondary N) is 1. The van der Waals surface area contributed by atoms with Crippen molar-refractivity contribution in [3.8, 4) is 0 Å². The second-order valence-corrected chi connectivity index (χ2v) is 6.69. The number of halogens is 1. The molecular weight excluding hydrogens is 292 g/mol. The third kappa shape index (κ3) is 3.73. The molecule has 1 N–H and O–H groups in total. The summed E-state index contributed by atoms with van der Waals surface area (Å²) in [6.07, 6.45) is 3.96. The highest BCUT2D eigenvalue weighted by Gasteiger charge is 2.28. The molecule has 1 aliphatic carbocycles. The van der Waals surface area contributed by atoms with Gasteiger partial charge in [-0.1, -0.05) is 31.5 Å². The minimum atomic E-state index is -0.581. The van der Waals surface area contributed by atoms with Crippen LogP contribution in [-0.2, 0) is 0 Å². The Labute approximate surface area is 128 Å². The number of nitro groups is 1. The number of benzene rings is 1. The van der Waals surface area contributed by atoms with E-state index in [0.29, 0.717) is 5.41 Å². The summed E-state index contributed by atoms with van der Waals surface area (Å²) < 4.78 is 0. The predicted octanol–water partition coefficient (Wildman–Crippen LogP) is 3.95. The molecule has 0 radical (unpaired) electrons. The third-order valence-corrected chi connectivity index (χ3v) is 4.49. The fourth-order valence-electron chi connectivity index (χ4n) is 2.64. The monoisotopic (exact) mass is 310 g/mol. The topological polar surface area (TPSA) is 72.2 Å². The minimum Gasteiger partial charge on any atom is -0.349 e. The first-order chi connectivity index (χ1) is 9.80. The first-order valence-electron chi connectivity index (χ1n) is 7.04. The fourth-order valence-corrected chi connectivity index (χ4v) is 2.92. The molecule has 2 rings (SSSR count). The van der Waals surface area contributed by atoms with Crippen LogP contribution in [0.3, 0.4) is 0 Å². The van der Waals surface area contributed by atoms with Crippen LogP contribution in [0, 0.1) is 15.5 Å². The van der Waals surface area contributed by atoms with Crippen LogP contribution in [0.15, 0.2) is 18.2 Å². The summed E-state index contributed by atoms with van der Waals surface area (Å²) in [6.45, 7) is 4.45. The zero-order valence-corrected chi connectivity index (χ0v) is 12.9. The first-order valence-corrected chi connectivity index (χ1v) is 7.42. The van der Waals surface area contributed by atoms with Crippen LogP contribution >= 0.6 is 11.6 Å². The Morgan fingerprint density at radius 3 is 2.57 bits per heavy atom. The molecule has 5 nitrogen and oxygen atoms in total. The van der Waals surface area contributed by atoms with Crippen LogP contribution in [0.5, 0.6) is 0 Å². The summed E-state index contributed by atoms with van der Waals surface area (Å²) in [5.41, 5.74) is 0.245. The van der Waals surface area contributed by atoms with Gasteiger partial charge in [-0.25, -0.2) is 0 Å². The number of hydrogen-bond acceptors (Lipinski definition) is 3. The van der Waals surface area contributed by atoms with E-state index in [1.54, 1.807) is 0 Å². The lowest BCUT2D eigenvalue weighted by Crippen LogP contribution is -2.39. The predicted molar refractivity (Wildman–Crippen MR) is 81.6 cm³/mol. The first kappa shape index (κ1) is 15.8. The van der Waals surface area contributed by atoms with Gasteiger partial charge < -0.3 is 5.32 Å². The van der Waals surface area contributed by atoms with Crippen molar-refractivity contribution in [3.05, 3.63) is 38.9 Å². The number of carbonyl (C=O) groups is 1. The molecule has 1 aromatic carbocycles. The van der Waals surface area contributed by atoms with Gasteiger partial charge in [0.1, 0.15) is 5.02 Å². The molecule has 6 heteroatoms. The van der Waals surface area contributed by atoms with Crippen molar-refractivity contribution >= 4 is 23.2 Å². The van der Waals surface area contributed by atoms with E-state index >= 15 is 0 Å². The molecule has 114 valence electrons. The zero-order chi connectivity index (χ0) is 15.6. The van der Waals surface area contributed by atoms with E-state index in [2.05, 4.69) is 19.2 Å². The molecule has 0 unspecified atom stereocenters. The van der Waals surface area contributed by atoms with Gasteiger partial charge in [0, 0.05) is 12.1 Å². The minimum absolute atomic E-state index is 0.101. The van der Waals surface area contributed by atoms with Crippen LogP contribution in [0.1, 0.15) is 49.9 Å². The van der Waals surface area contributed by atoms with E-state index in [0.717, 1.165) is 25.7 Å². The summed E-state index contributed by atoms with van der Waals surface area (Å²) >= 11 is 5.96. The molecule has 1 aromatic rings. The molecule has 0 aliphatic heterocycles. The largest absolute Gasteiger partial charge is 0.349 e. The maximum Gasteiger partial charge on any atom is 0.288 e. The standard InChI is InChI=1S/C15H19ClN2O3/c1-15(2)8-6-10(7-9-15)17-14(19)11-4-3-5-12(13(11)16)18(20)21/h3-5,10H,6-9H2,1-2H3,(H,17,19). The lowest BCUT2D eigenvalue weighted by atomic mass is 9.75. The fraction of sp³-hybridized carbons (Fsp3) is 0.533. The molecule has 0 bridgehead atoms. The molecule has 0 aromatic heterocycles. The van der Waals surface area contributed by atoms with Crippen molar-refractivity contribution < 1.29 is 9.72 Å². The Balaban J connectivity index is 2.08. The van der Waals surface area contributed by atoms with Gasteiger partial charge in [0.25, 0.3) is 11.6 Å². The van der Waals surface area contributed by atoms with E-state index in [-0.39, 0.29) is 28.2 Å². The summed E-state index contributed by atoms with van der Waals surface area (Å²) in [5, 5.41) is 13.7. The van der Waals surface area contributed by atoms with E-state index in [1.807, 2.05) is 0 Å². The lowest BCUT2D eigenvalue weighted by Gasteiger charge is -2.34. The molecule has 1 fully saturated rings. The third-order valence-electron chi connectivity index (χ3n) is 4.09. The van der Waals surface area contributed by atoms with E-state index < -0.39 is 4.92 Å². The highest BCUT2D eigenvalue weighted by molar-refractivity contribution is 6.35. The average Bonchev–Trinajstić information content (AvgIpc) is 2.41. The van der Waals surface area contributed by atoms with E-state index in [4.69, 9.17) is 11.6 Å². The number of amides is 1. The molecule has 0 atom stereocenters. The van der Waals surface area contributed by atoms with Crippen LogP contribution in [0.2, 0.25) is 5.02 Å². The van der Waals surface area contributed by atoms with Gasteiger partial charge >= 0.3 is 0 Å². The van der Waals surface area contributed by atoms with Crippen molar-refractivity contribution in [3.63, 3.8) is 0 Å². The Hall–Kier alpha value is -1.62. The summed E-state index contributed by atoms with van der Waals surface area (Å²) in [4.78, 5) is 22.5. The molecule has 1 saturated carbocycles. The molecule has 0 heterocycles. The van der Waals surface area contributed by atoms with Crippen LogP contribution < -0.4 is 5.32 Å². The Morgan fingerprint density at radius 2 is 2.00 bits per heavy atom. The average molecular weight is 311 g/mol. The van der Waals surface area contributed by atoms with Crippen molar-refractivity contribution in [2.24, 2.45) is 5.41 Å². The van der Waals surface area contributed by atoms with Crippen LogP contribution in [0.25, 0.3) is 0 Å². The molecule has 0 saturated heterocycles. The highest BCUT2D eigenvalue weighted by Crippen LogP contribution is 2.35. The van der Waals surface area contributed by atoms with Gasteiger partial charge in [0.15, 0.2) is 0 Å². The quantitative estimate of drug-likeness (QED) is 0.678. The van der Waals surface area contributed by atoms with Gasteiger partial charge in [0.2, 0.25) is 0 Å². The number of nitro benzene ring substituents is 1. The second kappa shape index (κ2) is 6.02. The van der Waals surface area contributed by atoms with Gasteiger partial charge in [-0.3, -0.25) is 14.9 Å². The van der Waals surface area contributed by atoms with E-state index in [9.17, 15) is 14.9 Å². The number of hydrogen-bond donors (Lipinski definition) is 1. The normalized spacial score (nSPS) is 18.2. The molecule has 0 spiro atoms. The van der Waals surface area contributed by atoms with Crippen molar-refractivity contribution in [1.82, 2.24) is 5.32 Å². The SMILES string of the molecule is CC1(C)CCC(NC(=O)c2cccc([N+](=O)[O-])c2Cl)CC1. The van der Waals surface area contributed by atoms with Crippen molar-refractivity contribution in [2.75, 3.05) is 0 Å². The lowest BCUT2D eigenvalue weighted by molar-refractivity contribution is -0.384. The van der Waals surface area contributed by atoms with Crippen molar-refractivity contribution in [2.45, 2.75) is 45.6 Å². The Morgan fingerprint density at radius 1 is 1.38 bits per heavy atom. The van der Waals surface area contributed by atoms with Gasteiger partial charge in [-0.15, -0.1) is 0 Å². The summed E-state index contributed by atoms with van der Waals surface area (Å²) in [5.74, 6) is -0.339. The molecule has 21 heavy (non-hydrogen) atoms. The zero-order valence-electron chi connectivity index (χ0n) is 12.2. The number of rotatable bonds is 3. The smallest absolute Gasteiger partial charge is 0.288 e. The number of nitrogens with zero attached hydrogens (tertiary/aromatic N) is 1. The van der Waals surface area contributed by atoms with Gasteiger partial charge in [-0.05, 0) is 37.2 Å². The van der Waals surface area contributed by atoms with Crippen molar-refractivity contribution in [1.29, 1.82) is 0 Å². The maximum atomic E-state index is 12.3. The maximum absolute atomic E-state index is 12.3. The van der Waals surface area contributed by atoms with Crippen LogP contribution in [-0.4, -0.2) is 16.9 Å². The highest BCUT2D eigenvalue weighted by atomic mass is 35.5. The Kier molecular flexibility index (Phi) is 4.52. The van der Waals surface area contributed by atoms with E-state index in [1.165, 1.54) is 18.2 Å². The summed E-state index contributed by atoms with van der Waals surface area (Å²) in [6, 6.07) is 4.39.